The van der Waals surface area contributed by atoms with Gasteiger partial charge in [-0.25, -0.2) is 4.98 Å². The third-order valence-corrected chi connectivity index (χ3v) is 5.11. The van der Waals surface area contributed by atoms with E-state index in [1.54, 1.807) is 17.2 Å². The van der Waals surface area contributed by atoms with Crippen LogP contribution in [0.1, 0.15) is 24.0 Å². The molecule has 0 saturated carbocycles. The molecule has 1 N–H and O–H groups in total. The quantitative estimate of drug-likeness (QED) is 0.591. The predicted molar refractivity (Wildman–Crippen MR) is 120 cm³/mol. The van der Waals surface area contributed by atoms with Crippen LogP contribution in [0.5, 0.6) is 11.6 Å². The molecule has 0 aliphatic carbocycles. The van der Waals surface area contributed by atoms with Crippen molar-refractivity contribution in [3.8, 4) is 11.6 Å². The van der Waals surface area contributed by atoms with Crippen LogP contribution in [0.2, 0.25) is 0 Å². The Balaban J connectivity index is 1.23. The molecule has 4 rings (SSSR count). The molecule has 2 amide bonds. The van der Waals surface area contributed by atoms with Crippen molar-refractivity contribution in [3.63, 3.8) is 0 Å². The summed E-state index contributed by atoms with van der Waals surface area (Å²) in [5.41, 5.74) is 2.69. The van der Waals surface area contributed by atoms with Gasteiger partial charge in [0.05, 0.1) is 12.2 Å². The topological polar surface area (TPSA) is 80.8 Å². The number of benzene rings is 2. The Bertz CT molecular complexity index is 1070. The van der Waals surface area contributed by atoms with Crippen molar-refractivity contribution in [1.82, 2.24) is 10.3 Å². The van der Waals surface area contributed by atoms with Gasteiger partial charge in [-0.05, 0) is 29.3 Å². The fourth-order valence-electron chi connectivity index (χ4n) is 3.44. The molecule has 0 bridgehead atoms. The van der Waals surface area contributed by atoms with Gasteiger partial charge in [-0.15, -0.1) is 0 Å². The van der Waals surface area contributed by atoms with E-state index in [0.29, 0.717) is 37.9 Å². The Kier molecular flexibility index (Phi) is 6.97. The lowest BCUT2D eigenvalue weighted by Crippen LogP contribution is -2.38. The monoisotopic (exact) mass is 431 g/mol. The molecule has 2 heterocycles. The first-order chi connectivity index (χ1) is 15.7. The van der Waals surface area contributed by atoms with Crippen molar-refractivity contribution in [2.45, 2.75) is 26.0 Å². The van der Waals surface area contributed by atoms with Gasteiger partial charge in [-0.1, -0.05) is 42.5 Å². The number of nitrogens with one attached hydrogen (secondary N) is 1. The summed E-state index contributed by atoms with van der Waals surface area (Å²) in [5, 5.41) is 2.86. The first kappa shape index (κ1) is 21.4. The molecule has 0 fully saturated rings. The number of amides is 2. The Morgan fingerprint density at radius 2 is 1.81 bits per heavy atom. The Labute approximate surface area is 187 Å². The summed E-state index contributed by atoms with van der Waals surface area (Å²) < 4.78 is 11.3. The standard InChI is InChI=1S/C25H25N3O4/c29-23(10-11-25(30)28-14-15-31-22-9-5-4-8-21(22)28)27-17-20-12-13-26-24(16-20)32-18-19-6-2-1-3-7-19/h1-9,12-13,16H,10-11,14-15,17-18H2,(H,27,29). The number of nitrogens with zero attached hydrogens (tertiary/aromatic N) is 2. The third kappa shape index (κ3) is 5.63. The first-order valence-corrected chi connectivity index (χ1v) is 10.6. The summed E-state index contributed by atoms with van der Waals surface area (Å²) >= 11 is 0. The van der Waals surface area contributed by atoms with E-state index in [1.807, 2.05) is 60.7 Å². The molecule has 1 aliphatic rings. The number of carbonyl (C=O) groups is 2. The molecule has 0 atom stereocenters. The minimum atomic E-state index is -0.177. The number of anilines is 1. The molecule has 164 valence electrons. The highest BCUT2D eigenvalue weighted by Crippen LogP contribution is 2.31. The zero-order chi connectivity index (χ0) is 22.2. The van der Waals surface area contributed by atoms with Gasteiger partial charge in [0.1, 0.15) is 19.0 Å². The van der Waals surface area contributed by atoms with Gasteiger partial charge >= 0.3 is 0 Å². The lowest BCUT2D eigenvalue weighted by Gasteiger charge is -2.29. The summed E-state index contributed by atoms with van der Waals surface area (Å²) in [6, 6.07) is 20.9. The fourth-order valence-corrected chi connectivity index (χ4v) is 3.44. The Hall–Kier alpha value is -3.87. The maximum Gasteiger partial charge on any atom is 0.227 e. The van der Waals surface area contributed by atoms with E-state index in [0.717, 1.165) is 16.8 Å². The third-order valence-electron chi connectivity index (χ3n) is 5.11. The summed E-state index contributed by atoms with van der Waals surface area (Å²) in [6.07, 6.45) is 1.92. The van der Waals surface area contributed by atoms with Crippen LogP contribution < -0.4 is 19.7 Å². The lowest BCUT2D eigenvalue weighted by atomic mass is 10.2. The second kappa shape index (κ2) is 10.4. The normalized spacial score (nSPS) is 12.4. The van der Waals surface area contributed by atoms with E-state index in [4.69, 9.17) is 9.47 Å². The summed E-state index contributed by atoms with van der Waals surface area (Å²) in [6.45, 7) is 1.71. The highest BCUT2D eigenvalue weighted by atomic mass is 16.5. The number of fused-ring (bicyclic) bond motifs is 1. The molecule has 0 saturated heterocycles. The summed E-state index contributed by atoms with van der Waals surface area (Å²) in [7, 11) is 0. The molecule has 7 nitrogen and oxygen atoms in total. The van der Waals surface area contributed by atoms with Crippen LogP contribution in [0, 0.1) is 0 Å². The van der Waals surface area contributed by atoms with E-state index in [9.17, 15) is 9.59 Å². The molecule has 0 unspecified atom stereocenters. The van der Waals surface area contributed by atoms with Crippen LogP contribution in [0.25, 0.3) is 0 Å². The Morgan fingerprint density at radius 1 is 1.00 bits per heavy atom. The minimum absolute atomic E-state index is 0.0867. The van der Waals surface area contributed by atoms with E-state index in [2.05, 4.69) is 10.3 Å². The minimum Gasteiger partial charge on any atom is -0.490 e. The number of pyridine rings is 1. The first-order valence-electron chi connectivity index (χ1n) is 10.6. The van der Waals surface area contributed by atoms with Gasteiger partial charge in [0.25, 0.3) is 0 Å². The van der Waals surface area contributed by atoms with Gasteiger partial charge in [-0.2, -0.15) is 0 Å². The second-order valence-electron chi connectivity index (χ2n) is 7.41. The van der Waals surface area contributed by atoms with Gasteiger partial charge in [0, 0.05) is 31.6 Å². The molecule has 7 heteroatoms. The molecule has 0 spiro atoms. The number of rotatable bonds is 8. The average molecular weight is 431 g/mol. The van der Waals surface area contributed by atoms with Crippen molar-refractivity contribution >= 4 is 17.5 Å². The van der Waals surface area contributed by atoms with Crippen molar-refractivity contribution < 1.29 is 19.1 Å². The van der Waals surface area contributed by atoms with E-state index >= 15 is 0 Å². The molecular formula is C25H25N3O4. The van der Waals surface area contributed by atoms with Crippen LogP contribution in [0.4, 0.5) is 5.69 Å². The zero-order valence-electron chi connectivity index (χ0n) is 17.7. The lowest BCUT2D eigenvalue weighted by molar-refractivity contribution is -0.125. The van der Waals surface area contributed by atoms with Crippen molar-refractivity contribution in [3.05, 3.63) is 84.1 Å². The number of hydrogen-bond donors (Lipinski definition) is 1. The molecule has 32 heavy (non-hydrogen) atoms. The van der Waals surface area contributed by atoms with Crippen LogP contribution in [-0.2, 0) is 22.7 Å². The van der Waals surface area contributed by atoms with Crippen molar-refractivity contribution in [1.29, 1.82) is 0 Å². The molecule has 0 radical (unpaired) electrons. The van der Waals surface area contributed by atoms with E-state index in [1.165, 1.54) is 0 Å². The number of hydrogen-bond acceptors (Lipinski definition) is 5. The zero-order valence-corrected chi connectivity index (χ0v) is 17.7. The van der Waals surface area contributed by atoms with Crippen LogP contribution in [0.3, 0.4) is 0 Å². The van der Waals surface area contributed by atoms with Gasteiger partial charge in [-0.3, -0.25) is 9.59 Å². The number of aromatic nitrogens is 1. The molecule has 1 aromatic heterocycles. The maximum absolute atomic E-state index is 12.6. The fraction of sp³-hybridized carbons (Fsp3) is 0.240. The van der Waals surface area contributed by atoms with Gasteiger partial charge in [0.15, 0.2) is 0 Å². The van der Waals surface area contributed by atoms with E-state index in [-0.39, 0.29) is 24.7 Å². The van der Waals surface area contributed by atoms with Crippen molar-refractivity contribution in [2.24, 2.45) is 0 Å². The smallest absolute Gasteiger partial charge is 0.227 e. The van der Waals surface area contributed by atoms with Gasteiger partial charge in [0.2, 0.25) is 17.7 Å². The van der Waals surface area contributed by atoms with E-state index < -0.39 is 0 Å². The second-order valence-corrected chi connectivity index (χ2v) is 7.41. The van der Waals surface area contributed by atoms with Gasteiger partial charge < -0.3 is 19.7 Å². The number of ether oxygens (including phenoxy) is 2. The largest absolute Gasteiger partial charge is 0.490 e. The van der Waals surface area contributed by atoms with Crippen LogP contribution in [0.15, 0.2) is 72.9 Å². The SMILES string of the molecule is O=C(CCC(=O)N1CCOc2ccccc21)NCc1ccnc(OCc2ccccc2)c1. The summed E-state index contributed by atoms with van der Waals surface area (Å²) in [4.78, 5) is 30.8. The number of para-hydroxylation sites is 2. The predicted octanol–water partition coefficient (Wildman–Crippen LogP) is 3.48. The van der Waals surface area contributed by atoms with Crippen molar-refractivity contribution in [2.75, 3.05) is 18.1 Å². The highest BCUT2D eigenvalue weighted by molar-refractivity contribution is 5.97. The number of carbonyl (C=O) groups excluding carboxylic acids is 2. The Morgan fingerprint density at radius 3 is 2.69 bits per heavy atom. The molecule has 3 aromatic rings. The summed E-state index contributed by atoms with van der Waals surface area (Å²) in [5.74, 6) is 0.932. The molecule has 2 aromatic carbocycles. The van der Waals surface area contributed by atoms with Crippen LogP contribution >= 0.6 is 0 Å². The maximum atomic E-state index is 12.6. The molecular weight excluding hydrogens is 406 g/mol. The molecule has 1 aliphatic heterocycles. The average Bonchev–Trinajstić information content (AvgIpc) is 2.85. The highest BCUT2D eigenvalue weighted by Gasteiger charge is 2.23. The van der Waals surface area contributed by atoms with Crippen LogP contribution in [-0.4, -0.2) is 29.9 Å².